The van der Waals surface area contributed by atoms with Gasteiger partial charge in [-0.05, 0) is 12.0 Å². The van der Waals surface area contributed by atoms with Gasteiger partial charge in [0.05, 0.1) is 18.5 Å². The maximum atomic E-state index is 9.03. The Balaban J connectivity index is 2.36. The molecule has 3 heteroatoms. The van der Waals surface area contributed by atoms with Crippen molar-refractivity contribution in [2.24, 2.45) is 0 Å². The molecule has 0 saturated heterocycles. The fourth-order valence-electron chi connectivity index (χ4n) is 2.18. The van der Waals surface area contributed by atoms with Crippen molar-refractivity contribution in [3.05, 3.63) is 54.1 Å². The lowest BCUT2D eigenvalue weighted by atomic mass is 10.0. The number of hydrogen-bond donors (Lipinski definition) is 0. The maximum absolute atomic E-state index is 9.03. The van der Waals surface area contributed by atoms with Crippen molar-refractivity contribution < 1.29 is 0 Å². The van der Waals surface area contributed by atoms with Gasteiger partial charge in [0, 0.05) is 18.8 Å². The van der Waals surface area contributed by atoms with Gasteiger partial charge in [0.15, 0.2) is 0 Å². The fraction of sp³-hybridized carbons (Fsp3) is 0.333. The zero-order valence-corrected chi connectivity index (χ0v) is 10.6. The highest BCUT2D eigenvalue weighted by Gasteiger charge is 2.15. The molecule has 2 aromatic rings. The van der Waals surface area contributed by atoms with E-state index in [0.717, 1.165) is 24.2 Å². The molecule has 1 heterocycles. The van der Waals surface area contributed by atoms with Crippen LogP contribution in [0.5, 0.6) is 0 Å². The van der Waals surface area contributed by atoms with Gasteiger partial charge in [-0.1, -0.05) is 37.3 Å². The van der Waals surface area contributed by atoms with Crippen LogP contribution < -0.4 is 0 Å². The van der Waals surface area contributed by atoms with E-state index in [4.69, 9.17) is 5.26 Å². The summed E-state index contributed by atoms with van der Waals surface area (Å²) in [5, 5.41) is 9.03. The van der Waals surface area contributed by atoms with E-state index in [1.807, 2.05) is 30.6 Å². The minimum Gasteiger partial charge on any atom is -0.326 e. The van der Waals surface area contributed by atoms with E-state index >= 15 is 0 Å². The van der Waals surface area contributed by atoms with Crippen molar-refractivity contribution in [3.63, 3.8) is 0 Å². The van der Waals surface area contributed by atoms with E-state index in [9.17, 15) is 0 Å². The molecule has 0 radical (unpaired) electrons. The molecule has 0 bridgehead atoms. The highest BCUT2D eigenvalue weighted by atomic mass is 15.1. The van der Waals surface area contributed by atoms with Gasteiger partial charge in [-0.3, -0.25) is 0 Å². The fourth-order valence-corrected chi connectivity index (χ4v) is 2.18. The molecule has 2 rings (SSSR count). The predicted molar refractivity (Wildman–Crippen MR) is 71.0 cm³/mol. The molecule has 92 valence electrons. The summed E-state index contributed by atoms with van der Waals surface area (Å²) in [6.07, 6.45) is 6.27. The molecule has 0 saturated carbocycles. The van der Waals surface area contributed by atoms with Crippen molar-refractivity contribution >= 4 is 0 Å². The molecule has 0 amide bonds. The van der Waals surface area contributed by atoms with Gasteiger partial charge in [-0.25, -0.2) is 4.98 Å². The highest BCUT2D eigenvalue weighted by Crippen LogP contribution is 2.23. The average molecular weight is 239 g/mol. The van der Waals surface area contributed by atoms with E-state index in [2.05, 4.69) is 34.7 Å². The first kappa shape index (κ1) is 12.4. The van der Waals surface area contributed by atoms with Gasteiger partial charge in [-0.15, -0.1) is 0 Å². The average Bonchev–Trinajstić information content (AvgIpc) is 2.85. The highest BCUT2D eigenvalue weighted by molar-refractivity contribution is 5.22. The Hall–Kier alpha value is -2.08. The number of aryl methyl sites for hydroxylation is 1. The molecular weight excluding hydrogens is 222 g/mol. The van der Waals surface area contributed by atoms with E-state index in [1.165, 1.54) is 0 Å². The molecule has 0 aliphatic rings. The minimum atomic E-state index is 0.0697. The summed E-state index contributed by atoms with van der Waals surface area (Å²) in [7, 11) is 0. The van der Waals surface area contributed by atoms with Gasteiger partial charge < -0.3 is 4.57 Å². The van der Waals surface area contributed by atoms with Crippen LogP contribution in [-0.2, 0) is 6.42 Å². The van der Waals surface area contributed by atoms with E-state index in [1.54, 1.807) is 0 Å². The molecule has 3 nitrogen and oxygen atoms in total. The Morgan fingerprint density at radius 3 is 2.78 bits per heavy atom. The van der Waals surface area contributed by atoms with E-state index < -0.39 is 0 Å². The van der Waals surface area contributed by atoms with Crippen LogP contribution >= 0.6 is 0 Å². The third kappa shape index (κ3) is 2.60. The Kier molecular flexibility index (Phi) is 4.14. The lowest BCUT2D eigenvalue weighted by Crippen LogP contribution is -2.12. The summed E-state index contributed by atoms with van der Waals surface area (Å²) in [5.74, 6) is 1.06. The molecule has 1 atom stereocenters. The van der Waals surface area contributed by atoms with Gasteiger partial charge in [0.25, 0.3) is 0 Å². The van der Waals surface area contributed by atoms with Crippen LogP contribution in [0.2, 0.25) is 0 Å². The Labute approximate surface area is 108 Å². The zero-order chi connectivity index (χ0) is 12.8. The Morgan fingerprint density at radius 1 is 1.33 bits per heavy atom. The molecule has 0 spiro atoms. The SMILES string of the molecule is CCCc1nccn1C(CC#N)c1ccccc1. The first-order chi connectivity index (χ1) is 8.86. The normalized spacial score (nSPS) is 12.0. The van der Waals surface area contributed by atoms with Crippen molar-refractivity contribution in [1.29, 1.82) is 5.26 Å². The van der Waals surface area contributed by atoms with Crippen LogP contribution in [0.1, 0.15) is 37.2 Å². The second kappa shape index (κ2) is 6.02. The lowest BCUT2D eigenvalue weighted by Gasteiger charge is -2.18. The Morgan fingerprint density at radius 2 is 2.11 bits per heavy atom. The number of imidazole rings is 1. The zero-order valence-electron chi connectivity index (χ0n) is 10.6. The van der Waals surface area contributed by atoms with E-state index in [0.29, 0.717) is 6.42 Å². The Bertz CT molecular complexity index is 522. The van der Waals surface area contributed by atoms with Gasteiger partial charge in [-0.2, -0.15) is 5.26 Å². The van der Waals surface area contributed by atoms with Crippen molar-refractivity contribution in [1.82, 2.24) is 9.55 Å². The van der Waals surface area contributed by atoms with Crippen LogP contribution in [-0.4, -0.2) is 9.55 Å². The summed E-state index contributed by atoms with van der Waals surface area (Å²) < 4.78 is 2.13. The number of benzene rings is 1. The molecule has 18 heavy (non-hydrogen) atoms. The standard InChI is InChI=1S/C15H17N3/c1-2-6-15-17-11-12-18(15)14(9-10-16)13-7-4-3-5-8-13/h3-5,7-8,11-12,14H,2,6,9H2,1H3. The van der Waals surface area contributed by atoms with Crippen molar-refractivity contribution in [2.75, 3.05) is 0 Å². The van der Waals surface area contributed by atoms with E-state index in [-0.39, 0.29) is 6.04 Å². The lowest BCUT2D eigenvalue weighted by molar-refractivity contribution is 0.563. The van der Waals surface area contributed by atoms with Gasteiger partial charge in [0.2, 0.25) is 0 Å². The molecule has 0 fully saturated rings. The number of rotatable bonds is 5. The summed E-state index contributed by atoms with van der Waals surface area (Å²) in [4.78, 5) is 4.39. The van der Waals surface area contributed by atoms with Crippen LogP contribution in [0.25, 0.3) is 0 Å². The van der Waals surface area contributed by atoms with Gasteiger partial charge >= 0.3 is 0 Å². The van der Waals surface area contributed by atoms with Crippen LogP contribution in [0.3, 0.4) is 0 Å². The number of nitrogens with zero attached hydrogens (tertiary/aromatic N) is 3. The van der Waals surface area contributed by atoms with Gasteiger partial charge in [0.1, 0.15) is 5.82 Å². The first-order valence-electron chi connectivity index (χ1n) is 6.30. The molecule has 1 aromatic carbocycles. The number of nitriles is 1. The second-order valence-electron chi connectivity index (χ2n) is 4.29. The monoisotopic (exact) mass is 239 g/mol. The topological polar surface area (TPSA) is 41.6 Å². The smallest absolute Gasteiger partial charge is 0.109 e. The number of aromatic nitrogens is 2. The second-order valence-corrected chi connectivity index (χ2v) is 4.29. The largest absolute Gasteiger partial charge is 0.326 e. The maximum Gasteiger partial charge on any atom is 0.109 e. The summed E-state index contributed by atoms with van der Waals surface area (Å²) in [6.45, 7) is 2.14. The van der Waals surface area contributed by atoms with Crippen molar-refractivity contribution in [2.45, 2.75) is 32.2 Å². The molecule has 0 aliphatic heterocycles. The third-order valence-corrected chi connectivity index (χ3v) is 3.03. The quantitative estimate of drug-likeness (QED) is 0.803. The minimum absolute atomic E-state index is 0.0697. The molecule has 1 aromatic heterocycles. The molecule has 1 unspecified atom stereocenters. The van der Waals surface area contributed by atoms with Crippen LogP contribution in [0.15, 0.2) is 42.7 Å². The summed E-state index contributed by atoms with van der Waals surface area (Å²) >= 11 is 0. The summed E-state index contributed by atoms with van der Waals surface area (Å²) in [6, 6.07) is 12.5. The van der Waals surface area contributed by atoms with Crippen LogP contribution in [0.4, 0.5) is 0 Å². The van der Waals surface area contributed by atoms with Crippen molar-refractivity contribution in [3.8, 4) is 6.07 Å². The summed E-state index contributed by atoms with van der Waals surface area (Å²) in [5.41, 5.74) is 1.16. The third-order valence-electron chi connectivity index (χ3n) is 3.03. The van der Waals surface area contributed by atoms with Crippen LogP contribution in [0, 0.1) is 11.3 Å². The molecular formula is C15H17N3. The first-order valence-corrected chi connectivity index (χ1v) is 6.30. The molecule has 0 aliphatic carbocycles. The molecule has 0 N–H and O–H groups in total. The predicted octanol–water partition coefficient (Wildman–Crippen LogP) is 3.34. The number of hydrogen-bond acceptors (Lipinski definition) is 2.